The van der Waals surface area contributed by atoms with Crippen molar-refractivity contribution in [3.63, 3.8) is 0 Å². The summed E-state index contributed by atoms with van der Waals surface area (Å²) in [4.78, 5) is 4.21. The zero-order valence-electron chi connectivity index (χ0n) is 9.37. The quantitative estimate of drug-likeness (QED) is 0.843. The molecular formula is C12H16N4. The molecule has 2 rings (SSSR count). The summed E-state index contributed by atoms with van der Waals surface area (Å²) in [5, 5.41) is 4.12. The zero-order valence-corrected chi connectivity index (χ0v) is 9.37. The van der Waals surface area contributed by atoms with Crippen LogP contribution in [0.2, 0.25) is 0 Å². The molecule has 4 heteroatoms. The van der Waals surface area contributed by atoms with Crippen LogP contribution in [0.5, 0.6) is 0 Å². The van der Waals surface area contributed by atoms with Gasteiger partial charge in [-0.2, -0.15) is 5.10 Å². The summed E-state index contributed by atoms with van der Waals surface area (Å²) in [5.74, 6) is 0.853. The van der Waals surface area contributed by atoms with E-state index in [0.29, 0.717) is 0 Å². The van der Waals surface area contributed by atoms with Gasteiger partial charge in [-0.1, -0.05) is 30.3 Å². The molecule has 0 aliphatic rings. The highest BCUT2D eigenvalue weighted by Gasteiger charge is 2.12. The number of nitrogens with two attached hydrogens (primary N) is 1. The van der Waals surface area contributed by atoms with Crippen molar-refractivity contribution in [3.05, 3.63) is 48.0 Å². The summed E-state index contributed by atoms with van der Waals surface area (Å²) >= 11 is 0. The average Bonchev–Trinajstić information content (AvgIpc) is 2.78. The van der Waals surface area contributed by atoms with Crippen LogP contribution in [-0.2, 0) is 13.0 Å². The average molecular weight is 216 g/mol. The molecule has 1 unspecified atom stereocenters. The van der Waals surface area contributed by atoms with E-state index in [9.17, 15) is 0 Å². The molecule has 2 aromatic rings. The van der Waals surface area contributed by atoms with Gasteiger partial charge < -0.3 is 5.73 Å². The number of rotatable bonds is 4. The van der Waals surface area contributed by atoms with Crippen molar-refractivity contribution in [2.75, 3.05) is 0 Å². The first kappa shape index (κ1) is 10.8. The van der Waals surface area contributed by atoms with Gasteiger partial charge in [0.1, 0.15) is 12.2 Å². The lowest BCUT2D eigenvalue weighted by molar-refractivity contribution is 0.557. The van der Waals surface area contributed by atoms with E-state index in [0.717, 1.165) is 18.8 Å². The maximum atomic E-state index is 6.12. The molecule has 0 aliphatic heterocycles. The number of benzene rings is 1. The molecule has 0 radical (unpaired) electrons. The van der Waals surface area contributed by atoms with Crippen LogP contribution in [0.15, 0.2) is 36.7 Å². The van der Waals surface area contributed by atoms with Crippen LogP contribution in [0.25, 0.3) is 0 Å². The summed E-state index contributed by atoms with van der Waals surface area (Å²) in [6.07, 6.45) is 2.35. The van der Waals surface area contributed by atoms with Gasteiger partial charge in [0.05, 0.1) is 6.04 Å². The first-order valence-electron chi connectivity index (χ1n) is 5.48. The third-order valence-corrected chi connectivity index (χ3v) is 2.58. The van der Waals surface area contributed by atoms with Crippen molar-refractivity contribution >= 4 is 0 Å². The van der Waals surface area contributed by atoms with E-state index in [4.69, 9.17) is 5.73 Å². The number of hydrogen-bond donors (Lipinski definition) is 1. The molecule has 84 valence electrons. The number of aryl methyl sites for hydroxylation is 1. The summed E-state index contributed by atoms with van der Waals surface area (Å²) in [6.45, 7) is 2.84. The van der Waals surface area contributed by atoms with Gasteiger partial charge in [0.15, 0.2) is 0 Å². The standard InChI is InChI=1S/C12H16N4/c1-2-16-12(14-9-15-16)11(13)8-10-6-4-3-5-7-10/h3-7,9,11H,2,8,13H2,1H3. The molecule has 4 nitrogen and oxygen atoms in total. The monoisotopic (exact) mass is 216 g/mol. The Bertz CT molecular complexity index is 435. The molecule has 0 saturated carbocycles. The molecule has 0 fully saturated rings. The van der Waals surface area contributed by atoms with Crippen molar-refractivity contribution in [1.29, 1.82) is 0 Å². The molecule has 16 heavy (non-hydrogen) atoms. The topological polar surface area (TPSA) is 56.7 Å². The van der Waals surface area contributed by atoms with Crippen molar-refractivity contribution in [2.45, 2.75) is 25.9 Å². The molecule has 0 aliphatic carbocycles. The summed E-state index contributed by atoms with van der Waals surface area (Å²) in [6, 6.07) is 10.1. The van der Waals surface area contributed by atoms with E-state index in [1.165, 1.54) is 5.56 Å². The van der Waals surface area contributed by atoms with Crippen molar-refractivity contribution in [3.8, 4) is 0 Å². The lowest BCUT2D eigenvalue weighted by atomic mass is 10.1. The molecule has 1 aromatic heterocycles. The lowest BCUT2D eigenvalue weighted by Crippen LogP contribution is -2.19. The number of hydrogen-bond acceptors (Lipinski definition) is 3. The maximum Gasteiger partial charge on any atom is 0.144 e. The molecule has 0 bridgehead atoms. The van der Waals surface area contributed by atoms with Crippen molar-refractivity contribution in [2.24, 2.45) is 5.73 Å². The van der Waals surface area contributed by atoms with Crippen LogP contribution in [0.3, 0.4) is 0 Å². The Hall–Kier alpha value is -1.68. The van der Waals surface area contributed by atoms with E-state index in [1.54, 1.807) is 6.33 Å². The highest BCUT2D eigenvalue weighted by atomic mass is 15.3. The van der Waals surface area contributed by atoms with Gasteiger partial charge >= 0.3 is 0 Å². The van der Waals surface area contributed by atoms with E-state index in [2.05, 4.69) is 22.2 Å². The maximum absolute atomic E-state index is 6.12. The molecular weight excluding hydrogens is 200 g/mol. The fourth-order valence-corrected chi connectivity index (χ4v) is 1.76. The van der Waals surface area contributed by atoms with Crippen LogP contribution in [0.4, 0.5) is 0 Å². The van der Waals surface area contributed by atoms with Gasteiger partial charge in [-0.3, -0.25) is 0 Å². The molecule has 2 N–H and O–H groups in total. The third kappa shape index (κ3) is 2.28. The highest BCUT2D eigenvalue weighted by molar-refractivity contribution is 5.17. The molecule has 1 aromatic carbocycles. The second-order valence-corrected chi connectivity index (χ2v) is 3.73. The van der Waals surface area contributed by atoms with E-state index in [-0.39, 0.29) is 6.04 Å². The van der Waals surface area contributed by atoms with E-state index < -0.39 is 0 Å². The SMILES string of the molecule is CCn1ncnc1C(N)Cc1ccccc1. The van der Waals surface area contributed by atoms with Crippen LogP contribution in [0.1, 0.15) is 24.4 Å². The van der Waals surface area contributed by atoms with Gasteiger partial charge in [-0.05, 0) is 18.9 Å². The van der Waals surface area contributed by atoms with Crippen molar-refractivity contribution in [1.82, 2.24) is 14.8 Å². The third-order valence-electron chi connectivity index (χ3n) is 2.58. The fraction of sp³-hybridized carbons (Fsp3) is 0.333. The van der Waals surface area contributed by atoms with E-state index >= 15 is 0 Å². The Labute approximate surface area is 95.1 Å². The summed E-state index contributed by atoms with van der Waals surface area (Å²) < 4.78 is 1.84. The first-order valence-corrected chi connectivity index (χ1v) is 5.48. The minimum atomic E-state index is -0.0927. The highest BCUT2D eigenvalue weighted by Crippen LogP contribution is 2.13. The smallest absolute Gasteiger partial charge is 0.144 e. The predicted octanol–water partition coefficient (Wildman–Crippen LogP) is 1.54. The molecule has 0 amide bonds. The second-order valence-electron chi connectivity index (χ2n) is 3.73. The summed E-state index contributed by atoms with van der Waals surface area (Å²) in [7, 11) is 0. The molecule has 0 saturated heterocycles. The van der Waals surface area contributed by atoms with Crippen LogP contribution in [0, 0.1) is 0 Å². The van der Waals surface area contributed by atoms with Crippen molar-refractivity contribution < 1.29 is 0 Å². The minimum absolute atomic E-state index is 0.0927. The Morgan fingerprint density at radius 3 is 2.75 bits per heavy atom. The molecule has 0 spiro atoms. The van der Waals surface area contributed by atoms with E-state index in [1.807, 2.05) is 29.8 Å². The number of nitrogens with zero attached hydrogens (tertiary/aromatic N) is 3. The Balaban J connectivity index is 2.11. The van der Waals surface area contributed by atoms with Gasteiger partial charge in [-0.25, -0.2) is 9.67 Å². The Kier molecular flexibility index (Phi) is 3.31. The van der Waals surface area contributed by atoms with Crippen LogP contribution >= 0.6 is 0 Å². The Morgan fingerprint density at radius 2 is 2.06 bits per heavy atom. The molecule has 1 heterocycles. The van der Waals surface area contributed by atoms with Gasteiger partial charge in [0.2, 0.25) is 0 Å². The summed E-state index contributed by atoms with van der Waals surface area (Å²) in [5.41, 5.74) is 7.35. The largest absolute Gasteiger partial charge is 0.321 e. The second kappa shape index (κ2) is 4.90. The zero-order chi connectivity index (χ0) is 11.4. The van der Waals surface area contributed by atoms with Crippen LogP contribution < -0.4 is 5.73 Å². The molecule has 1 atom stereocenters. The van der Waals surface area contributed by atoms with Gasteiger partial charge in [0.25, 0.3) is 0 Å². The lowest BCUT2D eigenvalue weighted by Gasteiger charge is -2.11. The normalized spacial score (nSPS) is 12.6. The van der Waals surface area contributed by atoms with Gasteiger partial charge in [0, 0.05) is 6.54 Å². The fourth-order valence-electron chi connectivity index (χ4n) is 1.76. The van der Waals surface area contributed by atoms with Gasteiger partial charge in [-0.15, -0.1) is 0 Å². The Morgan fingerprint density at radius 1 is 1.31 bits per heavy atom. The predicted molar refractivity (Wildman–Crippen MR) is 62.8 cm³/mol. The minimum Gasteiger partial charge on any atom is -0.321 e. The first-order chi connectivity index (χ1) is 7.81. The van der Waals surface area contributed by atoms with Crippen LogP contribution in [-0.4, -0.2) is 14.8 Å². The number of aromatic nitrogens is 3.